The lowest BCUT2D eigenvalue weighted by molar-refractivity contribution is 0.0836. The maximum Gasteiger partial charge on any atom is 0.279 e. The molecule has 0 aliphatic carbocycles. The van der Waals surface area contributed by atoms with Gasteiger partial charge in [0.05, 0.1) is 6.20 Å². The third-order valence-corrected chi connectivity index (χ3v) is 3.40. The lowest BCUT2D eigenvalue weighted by Crippen LogP contribution is -2.21. The molecule has 3 rings (SSSR count). The molecular formula is C11H11BrN4O2. The minimum Gasteiger partial charge on any atom is -0.381 e. The molecule has 0 unspecified atom stereocenters. The molecule has 1 aliphatic heterocycles. The van der Waals surface area contributed by atoms with E-state index in [0.717, 1.165) is 12.8 Å². The summed E-state index contributed by atoms with van der Waals surface area (Å²) in [7, 11) is 0. The normalized spacial score (nSPS) is 17.2. The number of ether oxygens (including phenoxy) is 1. The number of aromatic nitrogens is 4. The number of hydrogen-bond acceptors (Lipinski definition) is 5. The van der Waals surface area contributed by atoms with Crippen molar-refractivity contribution in [1.29, 1.82) is 0 Å². The Hall–Kier alpha value is -1.34. The summed E-state index contributed by atoms with van der Waals surface area (Å²) in [5.74, 6) is 0.917. The van der Waals surface area contributed by atoms with Gasteiger partial charge in [0, 0.05) is 19.1 Å². The minimum atomic E-state index is -0.235. The fraction of sp³-hybridized carbons (Fsp3) is 0.455. The average Bonchev–Trinajstić information content (AvgIpc) is 2.39. The van der Waals surface area contributed by atoms with Gasteiger partial charge in [-0.2, -0.15) is 0 Å². The highest BCUT2D eigenvalue weighted by atomic mass is 79.9. The van der Waals surface area contributed by atoms with Crippen LogP contribution in [0.1, 0.15) is 24.6 Å². The lowest BCUT2D eigenvalue weighted by Gasteiger charge is -2.20. The monoisotopic (exact) mass is 310 g/mol. The first kappa shape index (κ1) is 11.7. The summed E-state index contributed by atoms with van der Waals surface area (Å²) in [6.07, 6.45) is 3.24. The van der Waals surface area contributed by atoms with E-state index in [9.17, 15) is 4.79 Å². The van der Waals surface area contributed by atoms with Crippen LogP contribution in [0.4, 0.5) is 0 Å². The third kappa shape index (κ3) is 2.15. The van der Waals surface area contributed by atoms with Gasteiger partial charge in [-0.15, -0.1) is 0 Å². The number of nitrogens with zero attached hydrogens (tertiary/aromatic N) is 3. The molecule has 0 atom stereocenters. The van der Waals surface area contributed by atoms with Crippen LogP contribution in [-0.2, 0) is 4.74 Å². The summed E-state index contributed by atoms with van der Waals surface area (Å²) < 4.78 is 5.88. The van der Waals surface area contributed by atoms with Crippen LogP contribution < -0.4 is 5.56 Å². The Labute approximate surface area is 111 Å². The molecule has 0 amide bonds. The van der Waals surface area contributed by atoms with Crippen LogP contribution in [0.15, 0.2) is 15.6 Å². The quantitative estimate of drug-likeness (QED) is 0.860. The molecule has 1 fully saturated rings. The molecule has 0 radical (unpaired) electrons. The van der Waals surface area contributed by atoms with Gasteiger partial charge in [0.25, 0.3) is 5.56 Å². The second-order valence-electron chi connectivity index (χ2n) is 4.20. The van der Waals surface area contributed by atoms with Crippen LogP contribution in [0.2, 0.25) is 0 Å². The lowest BCUT2D eigenvalue weighted by atomic mass is 9.99. The second kappa shape index (κ2) is 4.74. The van der Waals surface area contributed by atoms with Gasteiger partial charge in [-0.25, -0.2) is 15.0 Å². The molecule has 7 heteroatoms. The van der Waals surface area contributed by atoms with Gasteiger partial charge >= 0.3 is 0 Å². The molecule has 2 aromatic rings. The van der Waals surface area contributed by atoms with Gasteiger partial charge in [-0.3, -0.25) is 4.79 Å². The molecule has 0 bridgehead atoms. The Morgan fingerprint density at radius 1 is 1.33 bits per heavy atom. The average molecular weight is 311 g/mol. The van der Waals surface area contributed by atoms with Crippen molar-refractivity contribution in [3.63, 3.8) is 0 Å². The van der Waals surface area contributed by atoms with Crippen molar-refractivity contribution in [3.05, 3.63) is 27.0 Å². The molecule has 1 aliphatic rings. The van der Waals surface area contributed by atoms with E-state index in [1.807, 2.05) is 0 Å². The van der Waals surface area contributed by atoms with Gasteiger partial charge in [0.2, 0.25) is 0 Å². The van der Waals surface area contributed by atoms with Crippen LogP contribution in [0.3, 0.4) is 0 Å². The van der Waals surface area contributed by atoms with Gasteiger partial charge < -0.3 is 9.72 Å². The zero-order valence-electron chi connectivity index (χ0n) is 9.52. The highest BCUT2D eigenvalue weighted by molar-refractivity contribution is 9.10. The van der Waals surface area contributed by atoms with E-state index in [1.54, 1.807) is 0 Å². The van der Waals surface area contributed by atoms with E-state index in [-0.39, 0.29) is 17.0 Å². The molecule has 0 spiro atoms. The van der Waals surface area contributed by atoms with Crippen LogP contribution in [0.25, 0.3) is 11.2 Å². The van der Waals surface area contributed by atoms with E-state index in [1.165, 1.54) is 6.20 Å². The molecule has 0 saturated carbocycles. The number of fused-ring (bicyclic) bond motifs is 1. The van der Waals surface area contributed by atoms with Crippen LogP contribution >= 0.6 is 15.9 Å². The highest BCUT2D eigenvalue weighted by Gasteiger charge is 2.19. The van der Waals surface area contributed by atoms with E-state index in [2.05, 4.69) is 35.9 Å². The second-order valence-corrected chi connectivity index (χ2v) is 5.02. The molecule has 1 saturated heterocycles. The minimum absolute atomic E-state index is 0.233. The number of hydrogen-bond donors (Lipinski definition) is 1. The van der Waals surface area contributed by atoms with Crippen molar-refractivity contribution in [2.24, 2.45) is 0 Å². The van der Waals surface area contributed by atoms with Gasteiger partial charge in [0.1, 0.15) is 10.4 Å². The maximum absolute atomic E-state index is 11.9. The predicted octanol–water partition coefficient (Wildman–Crippen LogP) is 1.37. The maximum atomic E-state index is 11.9. The van der Waals surface area contributed by atoms with Crippen LogP contribution in [-0.4, -0.2) is 33.1 Å². The molecule has 1 N–H and O–H groups in total. The van der Waals surface area contributed by atoms with Crippen molar-refractivity contribution in [1.82, 2.24) is 19.9 Å². The Morgan fingerprint density at radius 3 is 2.89 bits per heavy atom. The number of aromatic amines is 1. The molecular weight excluding hydrogens is 300 g/mol. The molecule has 6 nitrogen and oxygen atoms in total. The largest absolute Gasteiger partial charge is 0.381 e. The van der Waals surface area contributed by atoms with Crippen LogP contribution in [0, 0.1) is 0 Å². The number of H-pyrrole nitrogens is 1. The molecule has 2 aromatic heterocycles. The summed E-state index contributed by atoms with van der Waals surface area (Å²) in [5.41, 5.74) is 0.421. The number of rotatable bonds is 1. The van der Waals surface area contributed by atoms with E-state index < -0.39 is 0 Å². The van der Waals surface area contributed by atoms with Gasteiger partial charge in [-0.1, -0.05) is 0 Å². The SMILES string of the molecule is O=c1[nH]c(C2CCOCC2)nc2nc(Br)cnc12. The molecule has 0 aromatic carbocycles. The number of halogens is 1. The van der Waals surface area contributed by atoms with Crippen molar-refractivity contribution in [2.45, 2.75) is 18.8 Å². The zero-order chi connectivity index (χ0) is 12.5. The first-order chi connectivity index (χ1) is 8.74. The molecule has 94 valence electrons. The fourth-order valence-corrected chi connectivity index (χ4v) is 2.35. The van der Waals surface area contributed by atoms with Crippen LogP contribution in [0.5, 0.6) is 0 Å². The van der Waals surface area contributed by atoms with E-state index >= 15 is 0 Å². The summed E-state index contributed by atoms with van der Waals surface area (Å²) in [6.45, 7) is 1.41. The van der Waals surface area contributed by atoms with Gasteiger partial charge in [-0.05, 0) is 28.8 Å². The smallest absolute Gasteiger partial charge is 0.279 e. The van der Waals surface area contributed by atoms with Crippen molar-refractivity contribution in [2.75, 3.05) is 13.2 Å². The topological polar surface area (TPSA) is 80.8 Å². The first-order valence-corrected chi connectivity index (χ1v) is 6.53. The Kier molecular flexibility index (Phi) is 3.09. The van der Waals surface area contributed by atoms with Crippen molar-refractivity contribution < 1.29 is 4.74 Å². The Balaban J connectivity index is 2.10. The van der Waals surface area contributed by atoms with E-state index in [4.69, 9.17) is 4.74 Å². The third-order valence-electron chi connectivity index (χ3n) is 3.02. The fourth-order valence-electron chi connectivity index (χ4n) is 2.08. The van der Waals surface area contributed by atoms with Gasteiger partial charge in [0.15, 0.2) is 11.2 Å². The highest BCUT2D eigenvalue weighted by Crippen LogP contribution is 2.23. The first-order valence-electron chi connectivity index (χ1n) is 5.74. The summed E-state index contributed by atoms with van der Waals surface area (Å²) in [4.78, 5) is 27.3. The van der Waals surface area contributed by atoms with Crippen molar-refractivity contribution in [3.8, 4) is 0 Å². The molecule has 18 heavy (non-hydrogen) atoms. The number of nitrogens with one attached hydrogen (secondary N) is 1. The molecule has 3 heterocycles. The summed E-state index contributed by atoms with van der Waals surface area (Å²) in [6, 6.07) is 0. The predicted molar refractivity (Wildman–Crippen MR) is 68.4 cm³/mol. The standard InChI is InChI=1S/C11H11BrN4O2/c12-7-5-13-8-10(14-7)15-9(16-11(8)17)6-1-3-18-4-2-6/h5-6H,1-4H2,(H,14,15,16,17). The Bertz CT molecular complexity index is 636. The summed E-state index contributed by atoms with van der Waals surface area (Å²) in [5, 5.41) is 0. The summed E-state index contributed by atoms with van der Waals surface area (Å²) >= 11 is 3.23. The van der Waals surface area contributed by atoms with Crippen molar-refractivity contribution >= 4 is 27.1 Å². The Morgan fingerprint density at radius 2 is 2.11 bits per heavy atom. The zero-order valence-corrected chi connectivity index (χ0v) is 11.1. The van der Waals surface area contributed by atoms with E-state index in [0.29, 0.717) is 29.3 Å².